The van der Waals surface area contributed by atoms with Crippen molar-refractivity contribution in [3.63, 3.8) is 0 Å². The highest BCUT2D eigenvalue weighted by atomic mass is 16.2. The predicted molar refractivity (Wildman–Crippen MR) is 62.5 cm³/mol. The summed E-state index contributed by atoms with van der Waals surface area (Å²) in [5.74, 6) is 1.14. The molecule has 1 aliphatic rings. The number of nitrogens with two attached hydrogens (primary N) is 1. The molecule has 0 aliphatic heterocycles. The van der Waals surface area contributed by atoms with Gasteiger partial charge < -0.3 is 10.6 Å². The second-order valence-electron chi connectivity index (χ2n) is 4.48. The van der Waals surface area contributed by atoms with Gasteiger partial charge in [0.2, 0.25) is 5.91 Å². The molecule has 1 fully saturated rings. The Labute approximate surface area is 93.0 Å². The predicted octanol–water partition coefficient (Wildman–Crippen LogP) is 1.76. The summed E-state index contributed by atoms with van der Waals surface area (Å²) >= 11 is 0. The largest absolute Gasteiger partial charge is 0.343 e. The first-order chi connectivity index (χ1) is 7.27. The van der Waals surface area contributed by atoms with E-state index < -0.39 is 0 Å². The van der Waals surface area contributed by atoms with Crippen molar-refractivity contribution in [3.05, 3.63) is 0 Å². The molecule has 0 aromatic rings. The summed E-state index contributed by atoms with van der Waals surface area (Å²) in [6.07, 6.45) is 6.47. The molecule has 0 aromatic heterocycles. The van der Waals surface area contributed by atoms with Gasteiger partial charge >= 0.3 is 0 Å². The zero-order valence-electron chi connectivity index (χ0n) is 9.87. The lowest BCUT2D eigenvalue weighted by Gasteiger charge is -2.20. The Bertz CT molecular complexity index is 190. The van der Waals surface area contributed by atoms with Crippen molar-refractivity contribution in [2.75, 3.05) is 19.6 Å². The summed E-state index contributed by atoms with van der Waals surface area (Å²) in [4.78, 5) is 13.8. The summed E-state index contributed by atoms with van der Waals surface area (Å²) < 4.78 is 0. The van der Waals surface area contributed by atoms with Gasteiger partial charge in [0.25, 0.3) is 0 Å². The van der Waals surface area contributed by atoms with Gasteiger partial charge in [-0.05, 0) is 45.1 Å². The Hall–Kier alpha value is -0.570. The van der Waals surface area contributed by atoms with Crippen molar-refractivity contribution in [1.82, 2.24) is 4.90 Å². The van der Waals surface area contributed by atoms with Gasteiger partial charge in [0.15, 0.2) is 0 Å². The van der Waals surface area contributed by atoms with Crippen molar-refractivity contribution in [3.8, 4) is 0 Å². The van der Waals surface area contributed by atoms with E-state index in [0.717, 1.165) is 44.8 Å². The second-order valence-corrected chi connectivity index (χ2v) is 4.48. The molecule has 1 saturated carbocycles. The summed E-state index contributed by atoms with van der Waals surface area (Å²) in [6.45, 7) is 4.67. The third kappa shape index (κ3) is 5.17. The van der Waals surface area contributed by atoms with Crippen LogP contribution in [0.2, 0.25) is 0 Å². The van der Waals surface area contributed by atoms with Crippen LogP contribution in [-0.4, -0.2) is 30.4 Å². The van der Waals surface area contributed by atoms with Crippen molar-refractivity contribution < 1.29 is 4.79 Å². The van der Waals surface area contributed by atoms with E-state index in [9.17, 15) is 4.79 Å². The molecule has 0 aromatic carbocycles. The van der Waals surface area contributed by atoms with E-state index in [1.54, 1.807) is 0 Å². The van der Waals surface area contributed by atoms with Gasteiger partial charge in [0.05, 0.1) is 0 Å². The van der Waals surface area contributed by atoms with E-state index in [1.165, 1.54) is 12.8 Å². The Balaban J connectivity index is 2.11. The summed E-state index contributed by atoms with van der Waals surface area (Å²) in [7, 11) is 0. The highest BCUT2D eigenvalue weighted by Crippen LogP contribution is 2.29. The third-order valence-electron chi connectivity index (χ3n) is 3.00. The number of carbonyl (C=O) groups excluding carboxylic acids is 1. The van der Waals surface area contributed by atoms with Crippen LogP contribution in [0.15, 0.2) is 0 Å². The van der Waals surface area contributed by atoms with E-state index in [4.69, 9.17) is 5.73 Å². The molecule has 0 radical (unpaired) electrons. The smallest absolute Gasteiger partial charge is 0.222 e. The Morgan fingerprint density at radius 2 is 2.07 bits per heavy atom. The Morgan fingerprint density at radius 1 is 1.33 bits per heavy atom. The van der Waals surface area contributed by atoms with Crippen LogP contribution in [-0.2, 0) is 4.79 Å². The molecule has 1 rings (SSSR count). The molecule has 1 aliphatic carbocycles. The van der Waals surface area contributed by atoms with Crippen molar-refractivity contribution >= 4 is 5.91 Å². The fourth-order valence-corrected chi connectivity index (χ4v) is 1.77. The highest BCUT2D eigenvalue weighted by Gasteiger charge is 2.25. The average molecular weight is 212 g/mol. The standard InChI is InChI=1S/C12H24N2O/c1-2-14(10-11-7-8-11)12(15)6-4-3-5-9-13/h11H,2-10,13H2,1H3. The Morgan fingerprint density at radius 3 is 2.60 bits per heavy atom. The normalized spacial score (nSPS) is 15.3. The van der Waals surface area contributed by atoms with Gasteiger partial charge in [-0.1, -0.05) is 6.42 Å². The quantitative estimate of drug-likeness (QED) is 0.623. The lowest BCUT2D eigenvalue weighted by atomic mass is 10.1. The van der Waals surface area contributed by atoms with Crippen LogP contribution >= 0.6 is 0 Å². The maximum atomic E-state index is 11.8. The molecule has 0 heterocycles. The summed E-state index contributed by atoms with van der Waals surface area (Å²) in [6, 6.07) is 0. The van der Waals surface area contributed by atoms with Gasteiger partial charge in [0, 0.05) is 19.5 Å². The Kier molecular flexibility index (Phi) is 5.69. The molecule has 1 amide bonds. The topological polar surface area (TPSA) is 46.3 Å². The number of hydrogen-bond donors (Lipinski definition) is 1. The first-order valence-electron chi connectivity index (χ1n) is 6.25. The summed E-state index contributed by atoms with van der Waals surface area (Å²) in [5.41, 5.74) is 5.41. The third-order valence-corrected chi connectivity index (χ3v) is 3.00. The van der Waals surface area contributed by atoms with Crippen LogP contribution in [0, 0.1) is 5.92 Å². The molecular weight excluding hydrogens is 188 g/mol. The minimum Gasteiger partial charge on any atom is -0.343 e. The second kappa shape index (κ2) is 6.83. The maximum Gasteiger partial charge on any atom is 0.222 e. The van der Waals surface area contributed by atoms with E-state index in [1.807, 2.05) is 4.90 Å². The minimum atomic E-state index is 0.335. The van der Waals surface area contributed by atoms with Crippen LogP contribution in [0.3, 0.4) is 0 Å². The zero-order chi connectivity index (χ0) is 11.1. The first kappa shape index (κ1) is 12.5. The zero-order valence-corrected chi connectivity index (χ0v) is 9.87. The van der Waals surface area contributed by atoms with E-state index >= 15 is 0 Å². The lowest BCUT2D eigenvalue weighted by Crippen LogP contribution is -2.32. The van der Waals surface area contributed by atoms with Crippen molar-refractivity contribution in [1.29, 1.82) is 0 Å². The first-order valence-corrected chi connectivity index (χ1v) is 6.25. The average Bonchev–Trinajstić information content (AvgIpc) is 3.04. The van der Waals surface area contributed by atoms with E-state index in [-0.39, 0.29) is 0 Å². The number of amides is 1. The molecule has 0 bridgehead atoms. The fourth-order valence-electron chi connectivity index (χ4n) is 1.77. The molecule has 0 unspecified atom stereocenters. The summed E-state index contributed by atoms with van der Waals surface area (Å²) in [5, 5.41) is 0. The van der Waals surface area contributed by atoms with Gasteiger partial charge in [0.1, 0.15) is 0 Å². The number of carbonyl (C=O) groups is 1. The van der Waals surface area contributed by atoms with Crippen LogP contribution in [0.5, 0.6) is 0 Å². The molecular formula is C12H24N2O. The fraction of sp³-hybridized carbons (Fsp3) is 0.917. The molecule has 88 valence electrons. The van der Waals surface area contributed by atoms with Gasteiger partial charge in [-0.25, -0.2) is 0 Å². The van der Waals surface area contributed by atoms with Gasteiger partial charge in [-0.15, -0.1) is 0 Å². The molecule has 0 atom stereocenters. The number of rotatable bonds is 8. The van der Waals surface area contributed by atoms with Crippen LogP contribution in [0.25, 0.3) is 0 Å². The van der Waals surface area contributed by atoms with Crippen LogP contribution in [0.4, 0.5) is 0 Å². The van der Waals surface area contributed by atoms with E-state index in [0.29, 0.717) is 12.3 Å². The minimum absolute atomic E-state index is 0.335. The molecule has 2 N–H and O–H groups in total. The SMILES string of the molecule is CCN(CC1CC1)C(=O)CCCCCN. The monoisotopic (exact) mass is 212 g/mol. The van der Waals surface area contributed by atoms with Crippen LogP contribution < -0.4 is 5.73 Å². The van der Waals surface area contributed by atoms with Crippen molar-refractivity contribution in [2.45, 2.75) is 45.4 Å². The molecule has 0 saturated heterocycles. The lowest BCUT2D eigenvalue weighted by molar-refractivity contribution is -0.131. The molecule has 0 spiro atoms. The highest BCUT2D eigenvalue weighted by molar-refractivity contribution is 5.76. The molecule has 3 nitrogen and oxygen atoms in total. The van der Waals surface area contributed by atoms with Gasteiger partial charge in [-0.2, -0.15) is 0 Å². The molecule has 15 heavy (non-hydrogen) atoms. The number of nitrogens with zero attached hydrogens (tertiary/aromatic N) is 1. The van der Waals surface area contributed by atoms with Gasteiger partial charge in [-0.3, -0.25) is 4.79 Å². The maximum absolute atomic E-state index is 11.8. The van der Waals surface area contributed by atoms with E-state index in [2.05, 4.69) is 6.92 Å². The molecule has 3 heteroatoms. The van der Waals surface area contributed by atoms with Crippen LogP contribution in [0.1, 0.15) is 45.4 Å². The number of hydrogen-bond acceptors (Lipinski definition) is 2. The van der Waals surface area contributed by atoms with Crippen molar-refractivity contribution in [2.24, 2.45) is 11.7 Å². The number of unbranched alkanes of at least 4 members (excludes halogenated alkanes) is 2.